The van der Waals surface area contributed by atoms with Crippen LogP contribution in [0.4, 0.5) is 0 Å². The Balaban J connectivity index is 2.75. The lowest BCUT2D eigenvalue weighted by atomic mass is 10.2. The van der Waals surface area contributed by atoms with Gasteiger partial charge in [-0.05, 0) is 12.1 Å². The number of benzene rings is 1. The second-order valence-corrected chi connectivity index (χ2v) is 4.32. The lowest BCUT2D eigenvalue weighted by molar-refractivity contribution is 0.0603. The summed E-state index contributed by atoms with van der Waals surface area (Å²) in [7, 11) is 1.27. The normalized spacial score (nSPS) is 10.5. The molecule has 0 aliphatic carbocycles. The maximum atomic E-state index is 11.3. The number of aromatic hydroxyl groups is 1. The molecule has 0 amide bonds. The molecule has 0 atom stereocenters. The molecule has 0 bridgehead atoms. The molecule has 0 aliphatic rings. The number of rotatable bonds is 1. The van der Waals surface area contributed by atoms with Gasteiger partial charge in [0, 0.05) is 5.39 Å². The Morgan fingerprint density at radius 2 is 2.27 bits per heavy atom. The van der Waals surface area contributed by atoms with Crippen LogP contribution >= 0.6 is 22.9 Å². The number of esters is 1. The smallest absolute Gasteiger partial charge is 0.351 e. The molecule has 0 aliphatic heterocycles. The van der Waals surface area contributed by atoms with Crippen LogP contribution in [0, 0.1) is 0 Å². The predicted octanol–water partition coefficient (Wildman–Crippen LogP) is 3.05. The standard InChI is InChI=1S/C10H7ClO3S/c1-14-10(13)9-7(12)5-3-2-4-6(11)8(5)15-9/h2-4,12H,1H3. The number of carbonyl (C=O) groups excluding carboxylic acids is 1. The highest BCUT2D eigenvalue weighted by atomic mass is 35.5. The van der Waals surface area contributed by atoms with Crippen LogP contribution in [0.5, 0.6) is 5.75 Å². The quantitative estimate of drug-likeness (QED) is 0.782. The van der Waals surface area contributed by atoms with E-state index < -0.39 is 5.97 Å². The third-order valence-corrected chi connectivity index (χ3v) is 3.65. The summed E-state index contributed by atoms with van der Waals surface area (Å²) in [4.78, 5) is 11.5. The summed E-state index contributed by atoms with van der Waals surface area (Å²) in [6, 6.07) is 5.14. The largest absolute Gasteiger partial charge is 0.505 e. The second-order valence-electron chi connectivity index (χ2n) is 2.89. The molecule has 1 heterocycles. The number of fused-ring (bicyclic) bond motifs is 1. The molecule has 0 radical (unpaired) electrons. The summed E-state index contributed by atoms with van der Waals surface area (Å²) in [6.07, 6.45) is 0. The van der Waals surface area contributed by atoms with E-state index >= 15 is 0 Å². The van der Waals surface area contributed by atoms with Gasteiger partial charge in [-0.15, -0.1) is 11.3 Å². The van der Waals surface area contributed by atoms with E-state index in [1.807, 2.05) is 0 Å². The summed E-state index contributed by atoms with van der Waals surface area (Å²) >= 11 is 7.06. The molecule has 1 aromatic carbocycles. The van der Waals surface area contributed by atoms with Crippen molar-refractivity contribution in [1.29, 1.82) is 0 Å². The third kappa shape index (κ3) is 1.56. The number of halogens is 1. The van der Waals surface area contributed by atoms with Gasteiger partial charge in [0.05, 0.1) is 16.8 Å². The van der Waals surface area contributed by atoms with E-state index in [0.29, 0.717) is 15.1 Å². The fraction of sp³-hybridized carbons (Fsp3) is 0.100. The van der Waals surface area contributed by atoms with Crippen molar-refractivity contribution >= 4 is 39.0 Å². The molecule has 3 nitrogen and oxygen atoms in total. The van der Waals surface area contributed by atoms with Gasteiger partial charge in [-0.2, -0.15) is 0 Å². The van der Waals surface area contributed by atoms with Crippen LogP contribution < -0.4 is 0 Å². The van der Waals surface area contributed by atoms with Gasteiger partial charge in [-0.3, -0.25) is 0 Å². The van der Waals surface area contributed by atoms with E-state index in [1.165, 1.54) is 7.11 Å². The van der Waals surface area contributed by atoms with Crippen molar-refractivity contribution in [2.75, 3.05) is 7.11 Å². The predicted molar refractivity (Wildman–Crippen MR) is 59.8 cm³/mol. The molecule has 78 valence electrons. The number of hydrogen-bond donors (Lipinski definition) is 1. The van der Waals surface area contributed by atoms with Gasteiger partial charge in [0.2, 0.25) is 0 Å². The Hall–Kier alpha value is -1.26. The van der Waals surface area contributed by atoms with Gasteiger partial charge in [0.15, 0.2) is 4.88 Å². The SMILES string of the molecule is COC(=O)c1sc2c(Cl)cccc2c1O. The monoisotopic (exact) mass is 242 g/mol. The van der Waals surface area contributed by atoms with Crippen LogP contribution in [-0.4, -0.2) is 18.2 Å². The van der Waals surface area contributed by atoms with Crippen molar-refractivity contribution in [3.05, 3.63) is 28.1 Å². The maximum Gasteiger partial charge on any atom is 0.351 e. The van der Waals surface area contributed by atoms with Gasteiger partial charge in [-0.25, -0.2) is 4.79 Å². The molecule has 0 saturated carbocycles. The summed E-state index contributed by atoms with van der Waals surface area (Å²) in [5.41, 5.74) is 0. The minimum atomic E-state index is -0.551. The van der Waals surface area contributed by atoms with Crippen molar-refractivity contribution < 1.29 is 14.6 Å². The number of carbonyl (C=O) groups is 1. The fourth-order valence-corrected chi connectivity index (χ4v) is 2.61. The molecule has 15 heavy (non-hydrogen) atoms. The average Bonchev–Trinajstić information content (AvgIpc) is 2.57. The average molecular weight is 243 g/mol. The molecule has 0 spiro atoms. The zero-order valence-electron chi connectivity index (χ0n) is 7.78. The van der Waals surface area contributed by atoms with Crippen LogP contribution in [0.25, 0.3) is 10.1 Å². The molecule has 2 aromatic rings. The Labute approximate surface area is 94.9 Å². The van der Waals surface area contributed by atoms with Gasteiger partial charge in [0.25, 0.3) is 0 Å². The zero-order valence-corrected chi connectivity index (χ0v) is 9.35. The zero-order chi connectivity index (χ0) is 11.0. The van der Waals surface area contributed by atoms with Crippen LogP contribution in [0.1, 0.15) is 9.67 Å². The summed E-state index contributed by atoms with van der Waals surface area (Å²) in [5, 5.41) is 10.9. The first kappa shape index (κ1) is 10.3. The molecular formula is C10H7ClO3S. The van der Waals surface area contributed by atoms with Crippen molar-refractivity contribution in [1.82, 2.24) is 0 Å². The molecule has 1 N–H and O–H groups in total. The Morgan fingerprint density at radius 1 is 1.53 bits per heavy atom. The first-order valence-corrected chi connectivity index (χ1v) is 5.33. The molecule has 5 heteroatoms. The van der Waals surface area contributed by atoms with E-state index in [4.69, 9.17) is 11.6 Å². The molecule has 1 aromatic heterocycles. The van der Waals surface area contributed by atoms with Crippen molar-refractivity contribution in [3.63, 3.8) is 0 Å². The minimum absolute atomic E-state index is 0.0654. The number of hydrogen-bond acceptors (Lipinski definition) is 4. The first-order chi connectivity index (χ1) is 7.15. The molecule has 0 unspecified atom stereocenters. The van der Waals surface area contributed by atoms with Crippen LogP contribution in [-0.2, 0) is 4.74 Å². The fourth-order valence-electron chi connectivity index (χ4n) is 1.30. The first-order valence-electron chi connectivity index (χ1n) is 4.13. The van der Waals surface area contributed by atoms with E-state index in [1.54, 1.807) is 18.2 Å². The maximum absolute atomic E-state index is 11.3. The highest BCUT2D eigenvalue weighted by Gasteiger charge is 2.19. The van der Waals surface area contributed by atoms with Gasteiger partial charge >= 0.3 is 5.97 Å². The van der Waals surface area contributed by atoms with Gasteiger partial charge < -0.3 is 9.84 Å². The van der Waals surface area contributed by atoms with E-state index in [0.717, 1.165) is 11.3 Å². The van der Waals surface area contributed by atoms with Crippen molar-refractivity contribution in [2.24, 2.45) is 0 Å². The Bertz CT molecular complexity index is 533. The second kappa shape index (κ2) is 3.72. The molecular weight excluding hydrogens is 236 g/mol. The van der Waals surface area contributed by atoms with E-state index in [-0.39, 0.29) is 10.6 Å². The highest BCUT2D eigenvalue weighted by molar-refractivity contribution is 7.21. The summed E-state index contributed by atoms with van der Waals surface area (Å²) in [5.74, 6) is -0.617. The number of thiophene rings is 1. The van der Waals surface area contributed by atoms with E-state index in [9.17, 15) is 9.90 Å². The van der Waals surface area contributed by atoms with Crippen LogP contribution in [0.15, 0.2) is 18.2 Å². The summed E-state index contributed by atoms with van der Waals surface area (Å²) < 4.78 is 5.25. The lowest BCUT2D eigenvalue weighted by Gasteiger charge is -1.94. The molecule has 0 saturated heterocycles. The Kier molecular flexibility index (Phi) is 2.54. The highest BCUT2D eigenvalue weighted by Crippen LogP contribution is 2.40. The molecule has 0 fully saturated rings. The number of methoxy groups -OCH3 is 1. The van der Waals surface area contributed by atoms with Crippen LogP contribution in [0.3, 0.4) is 0 Å². The minimum Gasteiger partial charge on any atom is -0.505 e. The van der Waals surface area contributed by atoms with E-state index in [2.05, 4.69) is 4.74 Å². The topological polar surface area (TPSA) is 46.5 Å². The Morgan fingerprint density at radius 3 is 2.87 bits per heavy atom. The molecule has 2 rings (SSSR count). The van der Waals surface area contributed by atoms with Crippen molar-refractivity contribution in [2.45, 2.75) is 0 Å². The lowest BCUT2D eigenvalue weighted by Crippen LogP contribution is -1.97. The van der Waals surface area contributed by atoms with Gasteiger partial charge in [-0.1, -0.05) is 17.7 Å². The number of ether oxygens (including phenoxy) is 1. The van der Waals surface area contributed by atoms with Gasteiger partial charge in [0.1, 0.15) is 5.75 Å². The van der Waals surface area contributed by atoms with Crippen molar-refractivity contribution in [3.8, 4) is 5.75 Å². The van der Waals surface area contributed by atoms with Crippen LogP contribution in [0.2, 0.25) is 5.02 Å². The summed E-state index contributed by atoms with van der Waals surface area (Å²) in [6.45, 7) is 0. The third-order valence-electron chi connectivity index (χ3n) is 2.01.